The Hall–Kier alpha value is -2.57. The third-order valence-electron chi connectivity index (χ3n) is 6.69. The molecule has 208 valence electrons. The van der Waals surface area contributed by atoms with Gasteiger partial charge in [0.2, 0.25) is 20.0 Å². The molecule has 2 aromatic carbocycles. The highest BCUT2D eigenvalue weighted by Gasteiger charge is 2.45. The average Bonchev–Trinajstić information content (AvgIpc) is 3.28. The van der Waals surface area contributed by atoms with Gasteiger partial charge in [0.1, 0.15) is 24.5 Å². The lowest BCUT2D eigenvalue weighted by molar-refractivity contribution is -0.0312. The van der Waals surface area contributed by atoms with Crippen LogP contribution >= 0.6 is 0 Å². The van der Waals surface area contributed by atoms with Gasteiger partial charge in [0.05, 0.1) is 27.6 Å². The Labute approximate surface area is 224 Å². The maximum absolute atomic E-state index is 13.1. The summed E-state index contributed by atoms with van der Waals surface area (Å²) in [6, 6.07) is 13.9. The smallest absolute Gasteiger partial charge is 0.244 e. The highest BCUT2D eigenvalue weighted by atomic mass is 32.2. The van der Waals surface area contributed by atoms with E-state index in [-0.39, 0.29) is 47.7 Å². The fourth-order valence-corrected chi connectivity index (χ4v) is 6.81. The molecule has 4 rings (SSSR count). The molecule has 2 heterocycles. The third-order valence-corrected chi connectivity index (χ3v) is 9.55. The topological polar surface area (TPSA) is 172 Å². The number of benzene rings is 2. The summed E-state index contributed by atoms with van der Waals surface area (Å²) in [5.74, 6) is 0.285. The monoisotopic (exact) mass is 566 g/mol. The maximum atomic E-state index is 13.1. The zero-order chi connectivity index (χ0) is 26.7. The largest absolute Gasteiger partial charge is 0.491 e. The van der Waals surface area contributed by atoms with Crippen LogP contribution in [-0.2, 0) is 24.8 Å². The van der Waals surface area contributed by atoms with Crippen LogP contribution in [0.2, 0.25) is 0 Å². The van der Waals surface area contributed by atoms with Crippen molar-refractivity contribution >= 4 is 20.0 Å². The molecule has 2 aliphatic rings. The Morgan fingerprint density at radius 1 is 1.18 bits per heavy atom. The second-order valence-corrected chi connectivity index (χ2v) is 12.8. The molecule has 0 radical (unpaired) electrons. The number of nitrogens with one attached hydrogen (secondary N) is 1. The summed E-state index contributed by atoms with van der Waals surface area (Å²) in [6.07, 6.45) is 0.901. The van der Waals surface area contributed by atoms with Crippen LogP contribution in [0.1, 0.15) is 32.3 Å². The van der Waals surface area contributed by atoms with Gasteiger partial charge in [-0.15, -0.1) is 0 Å². The van der Waals surface area contributed by atoms with Crippen LogP contribution < -0.4 is 15.2 Å². The van der Waals surface area contributed by atoms with Crippen LogP contribution in [0.15, 0.2) is 58.3 Å². The van der Waals surface area contributed by atoms with E-state index in [1.54, 1.807) is 18.2 Å². The summed E-state index contributed by atoms with van der Waals surface area (Å²) < 4.78 is 62.1. The first-order valence-corrected chi connectivity index (χ1v) is 14.8. The quantitative estimate of drug-likeness (QED) is 0.403. The molecule has 0 bridgehead atoms. The van der Waals surface area contributed by atoms with Crippen LogP contribution in [0.3, 0.4) is 0 Å². The van der Waals surface area contributed by atoms with Crippen molar-refractivity contribution in [3.05, 3.63) is 54.1 Å². The number of piperidine rings is 1. The summed E-state index contributed by atoms with van der Waals surface area (Å²) in [6.45, 7) is 1.22. The second kappa shape index (κ2) is 12.1. The Morgan fingerprint density at radius 3 is 2.58 bits per heavy atom. The SMILES string of the molecule is C.N#Cc1ccccc1S(=O)(=O)N1CCC2(CC1)CC(NC[C@H](O)COc1cccc(S(N)(=O)=O)c1)CO2. The summed E-state index contributed by atoms with van der Waals surface area (Å²) in [4.78, 5) is -0.0490. The van der Waals surface area contributed by atoms with Crippen molar-refractivity contribution in [1.82, 2.24) is 9.62 Å². The summed E-state index contributed by atoms with van der Waals surface area (Å²) in [5.41, 5.74) is -0.308. The first kappa shape index (κ1) is 30.0. The van der Waals surface area contributed by atoms with E-state index in [2.05, 4.69) is 5.32 Å². The van der Waals surface area contributed by atoms with Crippen molar-refractivity contribution in [3.63, 3.8) is 0 Å². The van der Waals surface area contributed by atoms with E-state index in [1.807, 2.05) is 6.07 Å². The molecule has 2 saturated heterocycles. The molecular formula is C25H34N4O7S2. The second-order valence-electron chi connectivity index (χ2n) is 9.30. The minimum absolute atomic E-state index is 0. The molecule has 0 amide bonds. The molecule has 2 fully saturated rings. The number of rotatable bonds is 9. The molecule has 13 heteroatoms. The zero-order valence-electron chi connectivity index (χ0n) is 20.1. The molecule has 2 atom stereocenters. The van der Waals surface area contributed by atoms with Gasteiger partial charge >= 0.3 is 0 Å². The predicted octanol–water partition coefficient (Wildman–Crippen LogP) is 1.18. The fourth-order valence-electron chi connectivity index (χ4n) is 4.68. The van der Waals surface area contributed by atoms with Gasteiger partial charge in [-0.2, -0.15) is 9.57 Å². The van der Waals surface area contributed by atoms with Crippen molar-refractivity contribution in [2.45, 2.75) is 54.2 Å². The van der Waals surface area contributed by atoms with E-state index in [4.69, 9.17) is 14.6 Å². The highest BCUT2D eigenvalue weighted by molar-refractivity contribution is 7.89. The molecular weight excluding hydrogens is 532 g/mol. The number of nitrogens with two attached hydrogens (primary N) is 1. The van der Waals surface area contributed by atoms with Gasteiger partial charge in [0.15, 0.2) is 0 Å². The minimum Gasteiger partial charge on any atom is -0.491 e. The van der Waals surface area contributed by atoms with Crippen LogP contribution in [0.25, 0.3) is 0 Å². The number of sulfonamides is 2. The number of aliphatic hydroxyl groups excluding tert-OH is 1. The molecule has 2 aliphatic heterocycles. The van der Waals surface area contributed by atoms with Gasteiger partial charge < -0.3 is 19.9 Å². The molecule has 1 spiro atoms. The average molecular weight is 567 g/mol. The molecule has 4 N–H and O–H groups in total. The van der Waals surface area contributed by atoms with E-state index in [9.17, 15) is 27.2 Å². The first-order chi connectivity index (χ1) is 17.5. The molecule has 0 aliphatic carbocycles. The van der Waals surface area contributed by atoms with E-state index >= 15 is 0 Å². The standard InChI is InChI=1S/C24H30N4O7S2.CH4/c25-14-18-4-1-2-7-23(18)37(32,33)28-10-8-24(9-11-28)13-19(16-35-24)27-15-20(29)17-34-21-5-3-6-22(12-21)36(26,30)31;/h1-7,12,19-20,27,29H,8-11,13,15-17H2,(H2,26,30,31);1H4/t19?,20-;/m0./s1. The van der Waals surface area contributed by atoms with Crippen molar-refractivity contribution in [2.24, 2.45) is 5.14 Å². The zero-order valence-corrected chi connectivity index (χ0v) is 21.7. The van der Waals surface area contributed by atoms with Crippen LogP contribution in [0.5, 0.6) is 5.75 Å². The first-order valence-electron chi connectivity index (χ1n) is 11.8. The van der Waals surface area contributed by atoms with Crippen molar-refractivity contribution in [1.29, 1.82) is 5.26 Å². The number of ether oxygens (including phenoxy) is 2. The van der Waals surface area contributed by atoms with Gasteiger partial charge in [-0.05, 0) is 43.5 Å². The predicted molar refractivity (Wildman–Crippen MR) is 140 cm³/mol. The lowest BCUT2D eigenvalue weighted by Crippen LogP contribution is -2.47. The Balaban J connectivity index is 0.00000400. The molecule has 0 saturated carbocycles. The molecule has 11 nitrogen and oxygen atoms in total. The van der Waals surface area contributed by atoms with Crippen LogP contribution in [0, 0.1) is 11.3 Å². The number of nitriles is 1. The van der Waals surface area contributed by atoms with Gasteiger partial charge in [0, 0.05) is 31.7 Å². The van der Waals surface area contributed by atoms with Crippen molar-refractivity contribution in [3.8, 4) is 11.8 Å². The summed E-state index contributed by atoms with van der Waals surface area (Å²) >= 11 is 0. The van der Waals surface area contributed by atoms with Gasteiger partial charge in [-0.25, -0.2) is 22.0 Å². The Kier molecular flexibility index (Phi) is 9.53. The minimum atomic E-state index is -3.85. The number of aliphatic hydroxyl groups is 1. The molecule has 2 aromatic rings. The van der Waals surface area contributed by atoms with Crippen molar-refractivity contribution < 1.29 is 31.4 Å². The lowest BCUT2D eigenvalue weighted by Gasteiger charge is -2.38. The Bertz CT molecular complexity index is 1370. The Morgan fingerprint density at radius 2 is 1.89 bits per heavy atom. The van der Waals surface area contributed by atoms with Gasteiger partial charge in [-0.1, -0.05) is 25.6 Å². The van der Waals surface area contributed by atoms with Crippen LogP contribution in [0.4, 0.5) is 0 Å². The maximum Gasteiger partial charge on any atom is 0.244 e. The number of primary sulfonamides is 1. The van der Waals surface area contributed by atoms with E-state index in [1.165, 1.54) is 34.6 Å². The number of hydrogen-bond donors (Lipinski definition) is 3. The molecule has 1 unspecified atom stereocenters. The van der Waals surface area contributed by atoms with Gasteiger partial charge in [0.25, 0.3) is 0 Å². The lowest BCUT2D eigenvalue weighted by atomic mass is 9.88. The number of nitrogens with zero attached hydrogens (tertiary/aromatic N) is 2. The third kappa shape index (κ3) is 6.89. The normalized spacial score (nSPS) is 20.4. The highest BCUT2D eigenvalue weighted by Crippen LogP contribution is 2.37. The molecule has 0 aromatic heterocycles. The fraction of sp³-hybridized carbons (Fsp3) is 0.480. The van der Waals surface area contributed by atoms with E-state index in [0.717, 1.165) is 0 Å². The van der Waals surface area contributed by atoms with Crippen molar-refractivity contribution in [2.75, 3.05) is 32.8 Å². The number of hydrogen-bond acceptors (Lipinski definition) is 9. The summed E-state index contributed by atoms with van der Waals surface area (Å²) in [7, 11) is -7.62. The van der Waals surface area contributed by atoms with Crippen LogP contribution in [-0.4, -0.2) is 76.8 Å². The van der Waals surface area contributed by atoms with E-state index in [0.29, 0.717) is 39.0 Å². The van der Waals surface area contributed by atoms with Gasteiger partial charge in [-0.3, -0.25) is 0 Å². The summed E-state index contributed by atoms with van der Waals surface area (Å²) in [5, 5.41) is 28.0. The molecule has 38 heavy (non-hydrogen) atoms. The van der Waals surface area contributed by atoms with E-state index < -0.39 is 31.8 Å².